The number of hydrogen-bond acceptors (Lipinski definition) is 7. The highest BCUT2D eigenvalue weighted by atomic mass is 16.6. The van der Waals surface area contributed by atoms with E-state index in [4.69, 9.17) is 4.74 Å². The summed E-state index contributed by atoms with van der Waals surface area (Å²) in [5.74, 6) is 0.958. The summed E-state index contributed by atoms with van der Waals surface area (Å²) < 4.78 is 9.86. The number of aryl methyl sites for hydroxylation is 2. The molecule has 170 valence electrons. The number of piperidine rings is 1. The van der Waals surface area contributed by atoms with Crippen molar-refractivity contribution in [1.82, 2.24) is 34.3 Å². The molecular weight excluding hydrogens is 394 g/mol. The molecule has 2 aliphatic rings. The molecule has 0 aromatic carbocycles. The largest absolute Gasteiger partial charge is 0.461 e. The Balaban J connectivity index is 1.29. The average Bonchev–Trinajstić information content (AvgIpc) is 3.39. The zero-order valence-electron chi connectivity index (χ0n) is 19.3. The van der Waals surface area contributed by atoms with Gasteiger partial charge in [-0.3, -0.25) is 19.3 Å². The van der Waals surface area contributed by atoms with Crippen LogP contribution >= 0.6 is 0 Å². The van der Waals surface area contributed by atoms with Gasteiger partial charge < -0.3 is 9.30 Å². The molecule has 2 aromatic rings. The van der Waals surface area contributed by atoms with E-state index < -0.39 is 0 Å². The van der Waals surface area contributed by atoms with Crippen molar-refractivity contribution in [3.05, 3.63) is 29.6 Å². The average molecular weight is 430 g/mol. The molecule has 0 amide bonds. The first-order valence-electron chi connectivity index (χ1n) is 11.4. The zero-order valence-corrected chi connectivity index (χ0v) is 19.3. The van der Waals surface area contributed by atoms with Gasteiger partial charge in [0.2, 0.25) is 0 Å². The molecule has 2 saturated heterocycles. The summed E-state index contributed by atoms with van der Waals surface area (Å²) in [6, 6.07) is 0. The van der Waals surface area contributed by atoms with Gasteiger partial charge in [0.15, 0.2) is 0 Å². The molecule has 9 nitrogen and oxygen atoms in total. The summed E-state index contributed by atoms with van der Waals surface area (Å²) in [6.45, 7) is 9.35. The summed E-state index contributed by atoms with van der Waals surface area (Å²) >= 11 is 0. The molecule has 0 radical (unpaired) electrons. The van der Waals surface area contributed by atoms with Gasteiger partial charge >= 0.3 is 5.97 Å². The molecule has 2 fully saturated rings. The van der Waals surface area contributed by atoms with Gasteiger partial charge in [-0.15, -0.1) is 10.2 Å². The lowest BCUT2D eigenvalue weighted by Gasteiger charge is -2.36. The Kier molecular flexibility index (Phi) is 6.43. The number of hydrogen-bond donors (Lipinski definition) is 0. The van der Waals surface area contributed by atoms with Gasteiger partial charge in [0, 0.05) is 44.4 Å². The number of aromatic nitrogens is 5. The van der Waals surface area contributed by atoms with Crippen LogP contribution < -0.4 is 0 Å². The van der Waals surface area contributed by atoms with Crippen molar-refractivity contribution in [3.8, 4) is 0 Å². The lowest BCUT2D eigenvalue weighted by Crippen LogP contribution is -2.42. The standard InChI is InChI=1S/C22H35N7O2/c1-5-8-29-16-23-25-20(29)15-26(3)14-19-11-22(21(30)31-19)6-9-28(10-7-22)13-18-12-24-27(4)17(18)2/h12,16,19H,5-11,13-15H2,1-4H3. The summed E-state index contributed by atoms with van der Waals surface area (Å²) in [5.41, 5.74) is 2.16. The third-order valence-electron chi connectivity index (χ3n) is 6.96. The van der Waals surface area contributed by atoms with E-state index in [2.05, 4.69) is 50.6 Å². The number of carbonyl (C=O) groups is 1. The Morgan fingerprint density at radius 3 is 2.77 bits per heavy atom. The van der Waals surface area contributed by atoms with Crippen molar-refractivity contribution in [2.45, 2.75) is 65.3 Å². The van der Waals surface area contributed by atoms with E-state index in [1.165, 1.54) is 11.3 Å². The fraction of sp³-hybridized carbons (Fsp3) is 0.727. The maximum absolute atomic E-state index is 12.8. The molecule has 2 aliphatic heterocycles. The van der Waals surface area contributed by atoms with E-state index in [1.807, 2.05) is 17.9 Å². The van der Waals surface area contributed by atoms with Crippen molar-refractivity contribution in [3.63, 3.8) is 0 Å². The predicted octanol–water partition coefficient (Wildman–Crippen LogP) is 1.76. The van der Waals surface area contributed by atoms with Crippen LogP contribution in [-0.2, 0) is 36.2 Å². The summed E-state index contributed by atoms with van der Waals surface area (Å²) in [7, 11) is 4.03. The second-order valence-electron chi connectivity index (χ2n) is 9.30. The van der Waals surface area contributed by atoms with Gasteiger partial charge in [0.1, 0.15) is 18.3 Å². The van der Waals surface area contributed by atoms with E-state index in [1.54, 1.807) is 6.33 Å². The van der Waals surface area contributed by atoms with Crippen LogP contribution in [0, 0.1) is 12.3 Å². The Bertz CT molecular complexity index is 898. The maximum atomic E-state index is 12.8. The van der Waals surface area contributed by atoms with Gasteiger partial charge in [-0.2, -0.15) is 5.10 Å². The molecular formula is C22H35N7O2. The number of rotatable bonds is 8. The molecule has 0 aliphatic carbocycles. The van der Waals surface area contributed by atoms with E-state index in [0.29, 0.717) is 6.54 Å². The molecule has 1 atom stereocenters. The SMILES string of the molecule is CCCn1cnnc1CN(C)CC1CC2(CCN(Cc3cnn(C)c3C)CC2)C(=O)O1. The van der Waals surface area contributed by atoms with E-state index in [9.17, 15) is 4.79 Å². The smallest absolute Gasteiger partial charge is 0.312 e. The zero-order chi connectivity index (χ0) is 22.0. The van der Waals surface area contributed by atoms with Crippen molar-refractivity contribution in [2.75, 3.05) is 26.7 Å². The van der Waals surface area contributed by atoms with Gasteiger partial charge in [-0.1, -0.05) is 6.92 Å². The van der Waals surface area contributed by atoms with Crippen LogP contribution in [0.5, 0.6) is 0 Å². The van der Waals surface area contributed by atoms with Crippen LogP contribution in [0.2, 0.25) is 0 Å². The number of nitrogens with zero attached hydrogens (tertiary/aromatic N) is 7. The summed E-state index contributed by atoms with van der Waals surface area (Å²) in [6.07, 6.45) is 7.31. The summed E-state index contributed by atoms with van der Waals surface area (Å²) in [5, 5.41) is 12.6. The van der Waals surface area contributed by atoms with E-state index in [-0.39, 0.29) is 17.5 Å². The highest BCUT2D eigenvalue weighted by Crippen LogP contribution is 2.43. The van der Waals surface area contributed by atoms with Crippen LogP contribution in [0.25, 0.3) is 0 Å². The number of ether oxygens (including phenoxy) is 1. The van der Waals surface area contributed by atoms with Crippen LogP contribution in [0.4, 0.5) is 0 Å². The molecule has 9 heteroatoms. The van der Waals surface area contributed by atoms with Gasteiger partial charge in [0.05, 0.1) is 18.2 Å². The Morgan fingerprint density at radius 1 is 1.32 bits per heavy atom. The van der Waals surface area contributed by atoms with Gasteiger partial charge in [0.25, 0.3) is 0 Å². The molecule has 1 spiro atoms. The van der Waals surface area contributed by atoms with Crippen molar-refractivity contribution >= 4 is 5.97 Å². The van der Waals surface area contributed by atoms with Crippen LogP contribution in [0.1, 0.15) is 49.7 Å². The minimum Gasteiger partial charge on any atom is -0.461 e. The lowest BCUT2D eigenvalue weighted by molar-refractivity contribution is -0.151. The first-order valence-corrected chi connectivity index (χ1v) is 11.4. The van der Waals surface area contributed by atoms with Crippen LogP contribution in [-0.4, -0.2) is 73.1 Å². The minimum atomic E-state index is -0.311. The topological polar surface area (TPSA) is 81.3 Å². The quantitative estimate of drug-likeness (QED) is 0.592. The molecule has 4 rings (SSSR count). The summed E-state index contributed by atoms with van der Waals surface area (Å²) in [4.78, 5) is 17.4. The molecule has 2 aromatic heterocycles. The molecule has 0 N–H and O–H groups in total. The van der Waals surface area contributed by atoms with Crippen LogP contribution in [0.3, 0.4) is 0 Å². The molecule has 0 bridgehead atoms. The number of likely N-dealkylation sites (N-methyl/N-ethyl adjacent to an activating group) is 1. The highest BCUT2D eigenvalue weighted by molar-refractivity contribution is 5.79. The predicted molar refractivity (Wildman–Crippen MR) is 116 cm³/mol. The Hall–Kier alpha value is -2.26. The molecule has 4 heterocycles. The third-order valence-corrected chi connectivity index (χ3v) is 6.96. The fourth-order valence-corrected chi connectivity index (χ4v) is 4.91. The highest BCUT2D eigenvalue weighted by Gasteiger charge is 2.50. The van der Waals surface area contributed by atoms with Crippen molar-refractivity contribution < 1.29 is 9.53 Å². The number of esters is 1. The van der Waals surface area contributed by atoms with Crippen molar-refractivity contribution in [1.29, 1.82) is 0 Å². The molecule has 1 unspecified atom stereocenters. The molecule has 31 heavy (non-hydrogen) atoms. The third kappa shape index (κ3) is 4.67. The first kappa shape index (κ1) is 22.0. The first-order chi connectivity index (χ1) is 14.9. The molecule has 0 saturated carbocycles. The lowest BCUT2D eigenvalue weighted by atomic mass is 9.76. The number of carbonyl (C=O) groups excluding carboxylic acids is 1. The monoisotopic (exact) mass is 429 g/mol. The van der Waals surface area contributed by atoms with Gasteiger partial charge in [-0.25, -0.2) is 0 Å². The minimum absolute atomic E-state index is 0.00254. The normalized spacial score (nSPS) is 21.3. The van der Waals surface area contributed by atoms with E-state index in [0.717, 1.165) is 64.2 Å². The van der Waals surface area contributed by atoms with Crippen molar-refractivity contribution in [2.24, 2.45) is 12.5 Å². The Morgan fingerprint density at radius 2 is 2.10 bits per heavy atom. The second kappa shape index (κ2) is 9.08. The van der Waals surface area contributed by atoms with Crippen LogP contribution in [0.15, 0.2) is 12.5 Å². The number of likely N-dealkylation sites (tertiary alicyclic amines) is 1. The van der Waals surface area contributed by atoms with Gasteiger partial charge in [-0.05, 0) is 46.3 Å². The number of cyclic esters (lactones) is 1. The second-order valence-corrected chi connectivity index (χ2v) is 9.30. The maximum Gasteiger partial charge on any atom is 0.312 e. The Labute approximate surface area is 184 Å². The fourth-order valence-electron chi connectivity index (χ4n) is 4.91. The van der Waals surface area contributed by atoms with E-state index >= 15 is 0 Å².